The third-order valence-electron chi connectivity index (χ3n) is 3.60. The van der Waals surface area contributed by atoms with Crippen molar-refractivity contribution in [2.45, 2.75) is 17.9 Å². The van der Waals surface area contributed by atoms with Gasteiger partial charge in [-0.15, -0.1) is 0 Å². The van der Waals surface area contributed by atoms with Gasteiger partial charge in [0.2, 0.25) is 10.0 Å². The van der Waals surface area contributed by atoms with Crippen LogP contribution in [0.3, 0.4) is 0 Å². The molecule has 1 aliphatic rings. The summed E-state index contributed by atoms with van der Waals surface area (Å²) in [6.45, 7) is 0.0425. The molecule has 2 aromatic rings. The highest BCUT2D eigenvalue weighted by atomic mass is 32.2. The monoisotopic (exact) mass is 389 g/mol. The Balaban J connectivity index is 1.87. The summed E-state index contributed by atoms with van der Waals surface area (Å²) in [5.74, 6) is -1.84. The van der Waals surface area contributed by atoms with Crippen LogP contribution in [0.15, 0.2) is 23.1 Å². The maximum atomic E-state index is 13.9. The minimum Gasteiger partial charge on any atom is -0.453 e. The van der Waals surface area contributed by atoms with Crippen molar-refractivity contribution in [2.75, 3.05) is 19.0 Å². The number of hydrogen-bond donors (Lipinski definition) is 1. The van der Waals surface area contributed by atoms with E-state index in [2.05, 4.69) is 15.0 Å². The predicted octanol–water partition coefficient (Wildman–Crippen LogP) is 2.35. The molecule has 0 saturated carbocycles. The smallest absolute Gasteiger partial charge is 0.413 e. The average molecular weight is 389 g/mol. The van der Waals surface area contributed by atoms with Gasteiger partial charge >= 0.3 is 6.09 Å². The molecule has 2 heterocycles. The van der Waals surface area contributed by atoms with E-state index in [0.29, 0.717) is 23.1 Å². The number of hydrogen-bond acceptors (Lipinski definition) is 6. The number of ether oxygens (including phenoxy) is 1. The second kappa shape index (κ2) is 6.65. The number of carbonyl (C=O) groups is 1. The van der Waals surface area contributed by atoms with Crippen LogP contribution in [0.25, 0.3) is 0 Å². The molecule has 0 spiro atoms. The number of rotatable bonds is 3. The van der Waals surface area contributed by atoms with Crippen molar-refractivity contribution in [1.29, 1.82) is 0 Å². The van der Waals surface area contributed by atoms with Gasteiger partial charge in [0.15, 0.2) is 5.13 Å². The lowest BCUT2D eigenvalue weighted by Gasteiger charge is -2.25. The molecular weight excluding hydrogens is 376 g/mol. The van der Waals surface area contributed by atoms with Gasteiger partial charge in [0, 0.05) is 17.8 Å². The molecule has 0 fully saturated rings. The van der Waals surface area contributed by atoms with E-state index < -0.39 is 32.6 Å². The summed E-state index contributed by atoms with van der Waals surface area (Å²) < 4.78 is 58.0. The molecule has 0 saturated heterocycles. The first kappa shape index (κ1) is 17.7. The largest absolute Gasteiger partial charge is 0.453 e. The molecule has 0 atom stereocenters. The topological polar surface area (TPSA) is 88.6 Å². The van der Waals surface area contributed by atoms with E-state index in [1.807, 2.05) is 0 Å². The first-order valence-electron chi connectivity index (χ1n) is 7.10. The zero-order valence-corrected chi connectivity index (χ0v) is 14.6. The highest BCUT2D eigenvalue weighted by Crippen LogP contribution is 2.31. The minimum atomic E-state index is -4.19. The molecule has 1 aromatic carbocycles. The number of fused-ring (bicyclic) bond motifs is 1. The predicted molar refractivity (Wildman–Crippen MR) is 85.8 cm³/mol. The SMILES string of the molecule is COC(=O)Nc1nc2c(s1)CN(S(=O)(=O)c1cc(F)ccc1F)CC2. The van der Waals surface area contributed by atoms with Crippen LogP contribution in [-0.2, 0) is 27.7 Å². The number of benzene rings is 1. The first-order valence-corrected chi connectivity index (χ1v) is 9.35. The number of sulfonamides is 1. The van der Waals surface area contributed by atoms with E-state index in [1.54, 1.807) is 0 Å². The van der Waals surface area contributed by atoms with Gasteiger partial charge in [0.1, 0.15) is 16.5 Å². The Morgan fingerprint density at radius 3 is 2.88 bits per heavy atom. The molecule has 0 aliphatic carbocycles. The fraction of sp³-hybridized carbons (Fsp3) is 0.286. The van der Waals surface area contributed by atoms with Crippen molar-refractivity contribution in [3.05, 3.63) is 40.4 Å². The molecule has 7 nitrogen and oxygen atoms in total. The van der Waals surface area contributed by atoms with Crippen molar-refractivity contribution in [1.82, 2.24) is 9.29 Å². The normalized spacial score (nSPS) is 14.8. The number of aromatic nitrogens is 1. The van der Waals surface area contributed by atoms with Gasteiger partial charge in [0.25, 0.3) is 0 Å². The van der Waals surface area contributed by atoms with Crippen LogP contribution >= 0.6 is 11.3 Å². The summed E-state index contributed by atoms with van der Waals surface area (Å²) in [5, 5.41) is 2.70. The van der Waals surface area contributed by atoms with E-state index >= 15 is 0 Å². The van der Waals surface area contributed by atoms with Crippen LogP contribution in [0.1, 0.15) is 10.6 Å². The Labute approximate surface area is 146 Å². The van der Waals surface area contributed by atoms with Crippen LogP contribution in [-0.4, -0.2) is 37.5 Å². The molecule has 1 aliphatic heterocycles. The summed E-state index contributed by atoms with van der Waals surface area (Å²) in [6.07, 6.45) is -0.386. The number of halogens is 2. The average Bonchev–Trinajstić information content (AvgIpc) is 2.98. The Hall–Kier alpha value is -2.11. The van der Waals surface area contributed by atoms with E-state index in [0.717, 1.165) is 27.8 Å². The van der Waals surface area contributed by atoms with Gasteiger partial charge < -0.3 is 4.74 Å². The Morgan fingerprint density at radius 2 is 2.16 bits per heavy atom. The Morgan fingerprint density at radius 1 is 1.40 bits per heavy atom. The molecule has 1 amide bonds. The molecular formula is C14H13F2N3O4S2. The number of thiazole rings is 1. The number of methoxy groups -OCH3 is 1. The molecule has 1 N–H and O–H groups in total. The third kappa shape index (κ3) is 3.48. The number of nitrogens with one attached hydrogen (secondary N) is 1. The van der Waals surface area contributed by atoms with Crippen molar-refractivity contribution in [2.24, 2.45) is 0 Å². The van der Waals surface area contributed by atoms with Crippen molar-refractivity contribution >= 4 is 32.6 Å². The zero-order valence-electron chi connectivity index (χ0n) is 13.0. The summed E-state index contributed by atoms with van der Waals surface area (Å²) in [4.78, 5) is 15.4. The molecule has 1 aromatic heterocycles. The molecule has 0 bridgehead atoms. The van der Waals surface area contributed by atoms with Crippen LogP contribution in [0.4, 0.5) is 18.7 Å². The van der Waals surface area contributed by atoms with Crippen molar-refractivity contribution in [3.8, 4) is 0 Å². The summed E-state index contributed by atoms with van der Waals surface area (Å²) >= 11 is 1.10. The van der Waals surface area contributed by atoms with Gasteiger partial charge in [-0.25, -0.2) is 27.0 Å². The van der Waals surface area contributed by atoms with Gasteiger partial charge in [-0.3, -0.25) is 5.32 Å². The standard InChI is InChI=1S/C14H13F2N3O4S2/c1-23-14(20)18-13-17-10-4-5-19(7-11(10)24-13)25(21,22)12-6-8(15)2-3-9(12)16/h2-3,6H,4-5,7H2,1H3,(H,17,18,20). The first-order chi connectivity index (χ1) is 11.8. The molecule has 11 heteroatoms. The second-order valence-corrected chi connectivity index (χ2v) is 8.16. The van der Waals surface area contributed by atoms with Crippen LogP contribution in [0, 0.1) is 11.6 Å². The zero-order chi connectivity index (χ0) is 18.2. The fourth-order valence-electron chi connectivity index (χ4n) is 2.38. The third-order valence-corrected chi connectivity index (χ3v) is 6.46. The van der Waals surface area contributed by atoms with Crippen LogP contribution in [0.5, 0.6) is 0 Å². The van der Waals surface area contributed by atoms with E-state index in [9.17, 15) is 22.0 Å². The number of amides is 1. The lowest BCUT2D eigenvalue weighted by molar-refractivity contribution is 0.187. The van der Waals surface area contributed by atoms with Crippen LogP contribution < -0.4 is 5.32 Å². The van der Waals surface area contributed by atoms with E-state index in [4.69, 9.17) is 0 Å². The van der Waals surface area contributed by atoms with Crippen molar-refractivity contribution in [3.63, 3.8) is 0 Å². The van der Waals surface area contributed by atoms with E-state index in [-0.39, 0.29) is 18.2 Å². The van der Waals surface area contributed by atoms with Gasteiger partial charge in [-0.1, -0.05) is 11.3 Å². The molecule has 25 heavy (non-hydrogen) atoms. The van der Waals surface area contributed by atoms with Crippen LogP contribution in [0.2, 0.25) is 0 Å². The maximum absolute atomic E-state index is 13.9. The summed E-state index contributed by atoms with van der Waals surface area (Å²) in [7, 11) is -2.98. The molecule has 0 unspecified atom stereocenters. The highest BCUT2D eigenvalue weighted by molar-refractivity contribution is 7.89. The lowest BCUT2D eigenvalue weighted by atomic mass is 10.2. The molecule has 134 valence electrons. The second-order valence-electron chi connectivity index (χ2n) is 5.17. The van der Waals surface area contributed by atoms with Gasteiger partial charge in [0.05, 0.1) is 19.3 Å². The van der Waals surface area contributed by atoms with Gasteiger partial charge in [-0.2, -0.15) is 4.31 Å². The van der Waals surface area contributed by atoms with Crippen molar-refractivity contribution < 1.29 is 26.7 Å². The maximum Gasteiger partial charge on any atom is 0.413 e. The number of anilines is 1. The Kier molecular flexibility index (Phi) is 4.71. The molecule has 0 radical (unpaired) electrons. The van der Waals surface area contributed by atoms with E-state index in [1.165, 1.54) is 7.11 Å². The Bertz CT molecular complexity index is 930. The quantitative estimate of drug-likeness (QED) is 0.871. The summed E-state index contributed by atoms with van der Waals surface area (Å²) in [6, 6.07) is 2.30. The number of nitrogens with zero attached hydrogens (tertiary/aromatic N) is 2. The fourth-order valence-corrected chi connectivity index (χ4v) is 4.96. The van der Waals surface area contributed by atoms with Gasteiger partial charge in [-0.05, 0) is 18.2 Å². The minimum absolute atomic E-state index is 0.0336. The number of carbonyl (C=O) groups excluding carboxylic acids is 1. The molecule has 3 rings (SSSR count). The summed E-state index contributed by atoms with van der Waals surface area (Å²) in [5.41, 5.74) is 0.655. The lowest BCUT2D eigenvalue weighted by Crippen LogP contribution is -2.36. The highest BCUT2D eigenvalue weighted by Gasteiger charge is 2.32.